The molecule has 1 aromatic heterocycles. The van der Waals surface area contributed by atoms with E-state index in [1.165, 1.54) is 23.1 Å². The molecule has 1 atom stereocenters. The molecule has 0 aromatic carbocycles. The first-order valence-corrected chi connectivity index (χ1v) is 6.90. The molecule has 7 heteroatoms. The van der Waals surface area contributed by atoms with E-state index < -0.39 is 0 Å². The lowest BCUT2D eigenvalue weighted by atomic mass is 10.3. The van der Waals surface area contributed by atoms with Crippen LogP contribution in [0.1, 0.15) is 6.92 Å². The predicted molar refractivity (Wildman–Crippen MR) is 62.6 cm³/mol. The second-order valence-electron chi connectivity index (χ2n) is 3.51. The fourth-order valence-electron chi connectivity index (χ4n) is 1.49. The van der Waals surface area contributed by atoms with E-state index in [1.54, 1.807) is 5.51 Å². The minimum Gasteiger partial charge on any atom is -0.375 e. The summed E-state index contributed by atoms with van der Waals surface area (Å²) in [6, 6.07) is 0. The molecule has 0 saturated carbocycles. The van der Waals surface area contributed by atoms with E-state index in [-0.39, 0.29) is 12.0 Å². The zero-order valence-electron chi connectivity index (χ0n) is 8.96. The van der Waals surface area contributed by atoms with Gasteiger partial charge in [0.05, 0.1) is 18.5 Å². The summed E-state index contributed by atoms with van der Waals surface area (Å²) < 4.78 is 6.23. The molecule has 5 nitrogen and oxygen atoms in total. The third-order valence-electron chi connectivity index (χ3n) is 2.25. The Hall–Kier alpha value is -0.660. The molecule has 0 unspecified atom stereocenters. The van der Waals surface area contributed by atoms with Gasteiger partial charge in [-0.25, -0.2) is 0 Å². The topological polar surface area (TPSA) is 55.3 Å². The van der Waals surface area contributed by atoms with Crippen molar-refractivity contribution in [3.05, 3.63) is 5.51 Å². The van der Waals surface area contributed by atoms with E-state index in [2.05, 4.69) is 10.2 Å². The number of amides is 1. The first kappa shape index (κ1) is 11.8. The zero-order valence-corrected chi connectivity index (χ0v) is 10.6. The van der Waals surface area contributed by atoms with Gasteiger partial charge in [0, 0.05) is 13.1 Å². The maximum absolute atomic E-state index is 11.8. The average molecular weight is 259 g/mol. The van der Waals surface area contributed by atoms with Crippen molar-refractivity contribution in [2.45, 2.75) is 17.4 Å². The highest BCUT2D eigenvalue weighted by atomic mass is 32.2. The summed E-state index contributed by atoms with van der Waals surface area (Å²) in [6.45, 7) is 4.00. The third-order valence-corrected chi connectivity index (χ3v) is 4.10. The molecule has 0 N–H and O–H groups in total. The standard InChI is InChI=1S/C9H13N3O2S2/c1-7-4-12(2-3-14-7)8(13)5-15-9-11-10-6-16-9/h6-7H,2-5H2,1H3/t7-/m0/s1. The molecule has 0 aliphatic carbocycles. The van der Waals surface area contributed by atoms with Crippen molar-refractivity contribution >= 4 is 29.0 Å². The van der Waals surface area contributed by atoms with Crippen molar-refractivity contribution in [1.82, 2.24) is 15.1 Å². The van der Waals surface area contributed by atoms with Crippen molar-refractivity contribution in [3.63, 3.8) is 0 Å². The highest BCUT2D eigenvalue weighted by Gasteiger charge is 2.21. The summed E-state index contributed by atoms with van der Waals surface area (Å²) >= 11 is 2.90. The fraction of sp³-hybridized carbons (Fsp3) is 0.667. The van der Waals surface area contributed by atoms with Crippen molar-refractivity contribution in [3.8, 4) is 0 Å². The van der Waals surface area contributed by atoms with Crippen LogP contribution in [0.5, 0.6) is 0 Å². The molecule has 1 aromatic rings. The molecular weight excluding hydrogens is 246 g/mol. The van der Waals surface area contributed by atoms with E-state index >= 15 is 0 Å². The lowest BCUT2D eigenvalue weighted by Crippen LogP contribution is -2.45. The van der Waals surface area contributed by atoms with Gasteiger partial charge in [-0.15, -0.1) is 10.2 Å². The van der Waals surface area contributed by atoms with Gasteiger partial charge in [-0.05, 0) is 6.92 Å². The summed E-state index contributed by atoms with van der Waals surface area (Å²) in [5.41, 5.74) is 1.67. The van der Waals surface area contributed by atoms with Crippen LogP contribution in [0, 0.1) is 0 Å². The molecule has 1 saturated heterocycles. The number of hydrogen-bond acceptors (Lipinski definition) is 6. The molecule has 1 aliphatic heterocycles. The van der Waals surface area contributed by atoms with Crippen LogP contribution in [0.15, 0.2) is 9.85 Å². The minimum absolute atomic E-state index is 0.143. The van der Waals surface area contributed by atoms with Gasteiger partial charge in [0.25, 0.3) is 0 Å². The zero-order chi connectivity index (χ0) is 11.4. The molecule has 1 aliphatic rings. The van der Waals surface area contributed by atoms with Crippen LogP contribution in [0.4, 0.5) is 0 Å². The number of thioether (sulfide) groups is 1. The van der Waals surface area contributed by atoms with Crippen LogP contribution in [-0.2, 0) is 9.53 Å². The number of hydrogen-bond donors (Lipinski definition) is 0. The largest absolute Gasteiger partial charge is 0.375 e. The minimum atomic E-state index is 0.143. The number of ether oxygens (including phenoxy) is 1. The van der Waals surface area contributed by atoms with Crippen molar-refractivity contribution in [1.29, 1.82) is 0 Å². The van der Waals surface area contributed by atoms with E-state index in [4.69, 9.17) is 4.74 Å². The van der Waals surface area contributed by atoms with Gasteiger partial charge in [-0.1, -0.05) is 23.1 Å². The normalized spacial score (nSPS) is 21.1. The van der Waals surface area contributed by atoms with Crippen LogP contribution in [0.2, 0.25) is 0 Å². The van der Waals surface area contributed by atoms with E-state index in [0.717, 1.165) is 4.34 Å². The number of aromatic nitrogens is 2. The Morgan fingerprint density at radius 1 is 1.81 bits per heavy atom. The Balaban J connectivity index is 1.79. The molecule has 16 heavy (non-hydrogen) atoms. The molecule has 1 fully saturated rings. The van der Waals surface area contributed by atoms with E-state index in [9.17, 15) is 4.79 Å². The summed E-state index contributed by atoms with van der Waals surface area (Å²) in [5.74, 6) is 0.581. The Kier molecular flexibility index (Phi) is 4.14. The highest BCUT2D eigenvalue weighted by Crippen LogP contribution is 2.19. The number of morpholine rings is 1. The van der Waals surface area contributed by atoms with E-state index in [0.29, 0.717) is 25.4 Å². The third kappa shape index (κ3) is 3.16. The van der Waals surface area contributed by atoms with Crippen LogP contribution < -0.4 is 0 Å². The Morgan fingerprint density at radius 3 is 3.38 bits per heavy atom. The van der Waals surface area contributed by atoms with Gasteiger partial charge >= 0.3 is 0 Å². The summed E-state index contributed by atoms with van der Waals surface area (Å²) in [6.07, 6.45) is 0.143. The van der Waals surface area contributed by atoms with Crippen molar-refractivity contribution in [2.75, 3.05) is 25.4 Å². The van der Waals surface area contributed by atoms with E-state index in [1.807, 2.05) is 11.8 Å². The Labute approximate surface area is 102 Å². The molecular formula is C9H13N3O2S2. The molecule has 2 rings (SSSR count). The number of carbonyl (C=O) groups is 1. The molecule has 1 amide bonds. The van der Waals surface area contributed by atoms with Crippen molar-refractivity contribution in [2.24, 2.45) is 0 Å². The average Bonchev–Trinajstić information content (AvgIpc) is 2.78. The maximum atomic E-state index is 11.8. The molecule has 0 spiro atoms. The van der Waals surface area contributed by atoms with Gasteiger partial charge in [0.15, 0.2) is 4.34 Å². The van der Waals surface area contributed by atoms with Gasteiger partial charge in [-0.3, -0.25) is 4.79 Å². The lowest BCUT2D eigenvalue weighted by molar-refractivity contribution is -0.135. The lowest BCUT2D eigenvalue weighted by Gasteiger charge is -2.31. The van der Waals surface area contributed by atoms with Crippen LogP contribution >= 0.6 is 23.1 Å². The van der Waals surface area contributed by atoms with Gasteiger partial charge in [0.2, 0.25) is 5.91 Å². The highest BCUT2D eigenvalue weighted by molar-refractivity contribution is 8.01. The predicted octanol–water partition coefficient (Wildman–Crippen LogP) is 0.877. The first-order chi connectivity index (χ1) is 7.75. The number of rotatable bonds is 3. The number of carbonyl (C=O) groups excluding carboxylic acids is 1. The summed E-state index contributed by atoms with van der Waals surface area (Å²) in [5, 5.41) is 7.61. The van der Waals surface area contributed by atoms with Gasteiger partial charge in [-0.2, -0.15) is 0 Å². The first-order valence-electron chi connectivity index (χ1n) is 5.04. The second-order valence-corrected chi connectivity index (χ2v) is 5.57. The fourth-order valence-corrected chi connectivity index (χ4v) is 2.88. The molecule has 0 radical (unpaired) electrons. The number of nitrogens with zero attached hydrogens (tertiary/aromatic N) is 3. The smallest absolute Gasteiger partial charge is 0.233 e. The van der Waals surface area contributed by atoms with Crippen LogP contribution in [0.25, 0.3) is 0 Å². The molecule has 2 heterocycles. The monoisotopic (exact) mass is 259 g/mol. The van der Waals surface area contributed by atoms with Gasteiger partial charge in [0.1, 0.15) is 5.51 Å². The second kappa shape index (κ2) is 5.60. The maximum Gasteiger partial charge on any atom is 0.233 e. The quantitative estimate of drug-likeness (QED) is 0.754. The Morgan fingerprint density at radius 2 is 2.69 bits per heavy atom. The van der Waals surface area contributed by atoms with Crippen molar-refractivity contribution < 1.29 is 9.53 Å². The summed E-state index contributed by atoms with van der Waals surface area (Å²) in [4.78, 5) is 13.7. The molecule has 0 bridgehead atoms. The molecule has 88 valence electrons. The summed E-state index contributed by atoms with van der Waals surface area (Å²) in [7, 11) is 0. The Bertz CT molecular complexity index is 345. The van der Waals surface area contributed by atoms with Crippen LogP contribution in [0.3, 0.4) is 0 Å². The van der Waals surface area contributed by atoms with Gasteiger partial charge < -0.3 is 9.64 Å². The van der Waals surface area contributed by atoms with Crippen LogP contribution in [-0.4, -0.2) is 52.6 Å². The SMILES string of the molecule is C[C@H]1CN(C(=O)CSc2nncs2)CCO1.